The predicted octanol–water partition coefficient (Wildman–Crippen LogP) is 0.643. The van der Waals surface area contributed by atoms with Crippen molar-refractivity contribution in [3.05, 3.63) is 0 Å². The van der Waals surface area contributed by atoms with E-state index < -0.39 is 0 Å². The molecule has 0 radical (unpaired) electrons. The quantitative estimate of drug-likeness (QED) is 0.676. The van der Waals surface area contributed by atoms with Crippen molar-refractivity contribution in [1.82, 2.24) is 10.2 Å². The van der Waals surface area contributed by atoms with Gasteiger partial charge in [-0.3, -0.25) is 4.90 Å². The lowest BCUT2D eigenvalue weighted by atomic mass is 10.3. The summed E-state index contributed by atoms with van der Waals surface area (Å²) in [4.78, 5) is 2.56. The summed E-state index contributed by atoms with van der Waals surface area (Å²) in [6.07, 6.45) is 0. The monoisotopic (exact) mass is 174 g/mol. The molecule has 0 spiro atoms. The topological polar surface area (TPSA) is 15.3 Å². The molecule has 3 heteroatoms. The molecule has 0 aromatic carbocycles. The minimum Gasteiger partial charge on any atom is -0.318 e. The van der Waals surface area contributed by atoms with Crippen LogP contribution in [-0.4, -0.2) is 49.1 Å². The first-order chi connectivity index (χ1) is 5.34. The van der Waals surface area contributed by atoms with E-state index in [1.165, 1.54) is 24.6 Å². The lowest BCUT2D eigenvalue weighted by Crippen LogP contribution is -2.43. The van der Waals surface area contributed by atoms with Gasteiger partial charge in [0.05, 0.1) is 0 Å². The molecule has 0 bridgehead atoms. The van der Waals surface area contributed by atoms with Crippen LogP contribution in [0.25, 0.3) is 0 Å². The third kappa shape index (κ3) is 3.01. The second-order valence-electron chi connectivity index (χ2n) is 3.06. The smallest absolute Gasteiger partial charge is 0.0192 e. The molecule has 0 aromatic rings. The van der Waals surface area contributed by atoms with Gasteiger partial charge in [0.1, 0.15) is 0 Å². The molecule has 0 amide bonds. The fourth-order valence-electron chi connectivity index (χ4n) is 1.44. The summed E-state index contributed by atoms with van der Waals surface area (Å²) in [5.74, 6) is 2.63. The first kappa shape index (κ1) is 9.36. The fourth-order valence-corrected chi connectivity index (χ4v) is 2.37. The Hall–Kier alpha value is 0.270. The van der Waals surface area contributed by atoms with Crippen LogP contribution in [0.5, 0.6) is 0 Å². The van der Waals surface area contributed by atoms with Crippen molar-refractivity contribution in [2.24, 2.45) is 0 Å². The molecular weight excluding hydrogens is 156 g/mol. The molecule has 1 aliphatic rings. The maximum Gasteiger partial charge on any atom is 0.0192 e. The highest BCUT2D eigenvalue weighted by atomic mass is 32.2. The molecule has 0 saturated carbocycles. The molecule has 1 rings (SSSR count). The summed E-state index contributed by atoms with van der Waals surface area (Å²) in [6.45, 7) is 5.96. The molecule has 1 atom stereocenters. The Kier molecular flexibility index (Phi) is 4.26. The molecule has 1 unspecified atom stereocenters. The van der Waals surface area contributed by atoms with Crippen LogP contribution in [-0.2, 0) is 0 Å². The van der Waals surface area contributed by atoms with Gasteiger partial charge in [0.15, 0.2) is 0 Å². The van der Waals surface area contributed by atoms with E-state index in [2.05, 4.69) is 28.9 Å². The zero-order valence-corrected chi connectivity index (χ0v) is 8.28. The number of hydrogen-bond donors (Lipinski definition) is 1. The number of nitrogens with zero attached hydrogens (tertiary/aromatic N) is 1. The van der Waals surface area contributed by atoms with Crippen molar-refractivity contribution in [1.29, 1.82) is 0 Å². The summed E-state index contributed by atoms with van der Waals surface area (Å²) in [7, 11) is 2.02. The number of likely N-dealkylation sites (N-methyl/N-ethyl adjacent to an activating group) is 1. The first-order valence-electron chi connectivity index (χ1n) is 4.31. The highest BCUT2D eigenvalue weighted by Crippen LogP contribution is 2.11. The van der Waals surface area contributed by atoms with Gasteiger partial charge in [-0.2, -0.15) is 11.8 Å². The van der Waals surface area contributed by atoms with Gasteiger partial charge >= 0.3 is 0 Å². The van der Waals surface area contributed by atoms with Crippen LogP contribution < -0.4 is 5.32 Å². The summed E-state index contributed by atoms with van der Waals surface area (Å²) in [5.41, 5.74) is 0. The normalized spacial score (nSPS) is 23.5. The SMILES string of the molecule is CNCC(C)N1CCSCC1. The lowest BCUT2D eigenvalue weighted by Gasteiger charge is -2.31. The van der Waals surface area contributed by atoms with E-state index in [0.29, 0.717) is 6.04 Å². The van der Waals surface area contributed by atoms with Crippen molar-refractivity contribution in [2.75, 3.05) is 38.2 Å². The summed E-state index contributed by atoms with van der Waals surface area (Å²) in [6, 6.07) is 0.709. The van der Waals surface area contributed by atoms with Crippen molar-refractivity contribution in [2.45, 2.75) is 13.0 Å². The van der Waals surface area contributed by atoms with Gasteiger partial charge in [-0.05, 0) is 14.0 Å². The van der Waals surface area contributed by atoms with E-state index in [4.69, 9.17) is 0 Å². The predicted molar refractivity (Wildman–Crippen MR) is 52.3 cm³/mol. The zero-order chi connectivity index (χ0) is 8.10. The molecule has 11 heavy (non-hydrogen) atoms. The Balaban J connectivity index is 2.21. The number of nitrogens with one attached hydrogen (secondary N) is 1. The van der Waals surface area contributed by atoms with E-state index in [9.17, 15) is 0 Å². The molecule has 66 valence electrons. The van der Waals surface area contributed by atoms with E-state index in [1.807, 2.05) is 7.05 Å². The van der Waals surface area contributed by atoms with Gasteiger partial charge in [0, 0.05) is 37.2 Å². The van der Waals surface area contributed by atoms with Gasteiger partial charge in [-0.25, -0.2) is 0 Å². The van der Waals surface area contributed by atoms with E-state index in [0.717, 1.165) is 6.54 Å². The van der Waals surface area contributed by atoms with Crippen molar-refractivity contribution in [3.63, 3.8) is 0 Å². The lowest BCUT2D eigenvalue weighted by molar-refractivity contribution is 0.228. The van der Waals surface area contributed by atoms with Crippen molar-refractivity contribution < 1.29 is 0 Å². The third-order valence-corrected chi connectivity index (χ3v) is 3.11. The molecule has 1 fully saturated rings. The maximum absolute atomic E-state index is 3.22. The Labute approximate surface area is 73.7 Å². The Bertz CT molecular complexity index is 102. The minimum absolute atomic E-state index is 0.709. The van der Waals surface area contributed by atoms with Crippen LogP contribution in [0.3, 0.4) is 0 Å². The number of rotatable bonds is 3. The second kappa shape index (κ2) is 5.01. The van der Waals surface area contributed by atoms with Crippen molar-refractivity contribution >= 4 is 11.8 Å². The van der Waals surface area contributed by atoms with Crippen LogP contribution >= 0.6 is 11.8 Å². The average Bonchev–Trinajstić information content (AvgIpc) is 2.07. The van der Waals surface area contributed by atoms with Gasteiger partial charge in [-0.15, -0.1) is 0 Å². The largest absolute Gasteiger partial charge is 0.318 e. The van der Waals surface area contributed by atoms with Gasteiger partial charge in [-0.1, -0.05) is 0 Å². The van der Waals surface area contributed by atoms with E-state index in [1.54, 1.807) is 0 Å². The summed E-state index contributed by atoms with van der Waals surface area (Å²) in [5, 5.41) is 3.22. The summed E-state index contributed by atoms with van der Waals surface area (Å²) >= 11 is 2.07. The maximum atomic E-state index is 3.22. The minimum atomic E-state index is 0.709. The standard InChI is InChI=1S/C8H18N2S/c1-8(7-9-2)10-3-5-11-6-4-10/h8-9H,3-7H2,1-2H3. The molecule has 0 aromatic heterocycles. The molecule has 1 N–H and O–H groups in total. The summed E-state index contributed by atoms with van der Waals surface area (Å²) < 4.78 is 0. The molecule has 0 aliphatic carbocycles. The highest BCUT2D eigenvalue weighted by Gasteiger charge is 2.15. The molecule has 2 nitrogen and oxygen atoms in total. The number of hydrogen-bond acceptors (Lipinski definition) is 3. The average molecular weight is 174 g/mol. The van der Waals surface area contributed by atoms with E-state index in [-0.39, 0.29) is 0 Å². The van der Waals surface area contributed by atoms with E-state index >= 15 is 0 Å². The van der Waals surface area contributed by atoms with Crippen LogP contribution in [0.15, 0.2) is 0 Å². The Morgan fingerprint density at radius 1 is 1.45 bits per heavy atom. The van der Waals surface area contributed by atoms with Crippen LogP contribution in [0.2, 0.25) is 0 Å². The molecule has 1 heterocycles. The van der Waals surface area contributed by atoms with Gasteiger partial charge in [0.2, 0.25) is 0 Å². The zero-order valence-electron chi connectivity index (χ0n) is 7.47. The van der Waals surface area contributed by atoms with Crippen LogP contribution in [0, 0.1) is 0 Å². The van der Waals surface area contributed by atoms with Gasteiger partial charge < -0.3 is 5.32 Å². The fraction of sp³-hybridized carbons (Fsp3) is 1.00. The first-order valence-corrected chi connectivity index (χ1v) is 5.46. The highest BCUT2D eigenvalue weighted by molar-refractivity contribution is 7.99. The van der Waals surface area contributed by atoms with Crippen molar-refractivity contribution in [3.8, 4) is 0 Å². The Morgan fingerprint density at radius 2 is 2.09 bits per heavy atom. The van der Waals surface area contributed by atoms with Gasteiger partial charge in [0.25, 0.3) is 0 Å². The third-order valence-electron chi connectivity index (χ3n) is 2.17. The van der Waals surface area contributed by atoms with Crippen LogP contribution in [0.4, 0.5) is 0 Å². The molecule has 1 aliphatic heterocycles. The second-order valence-corrected chi connectivity index (χ2v) is 4.28. The molecular formula is C8H18N2S. The Morgan fingerprint density at radius 3 is 2.64 bits per heavy atom. The number of thioether (sulfide) groups is 1. The van der Waals surface area contributed by atoms with Crippen LogP contribution in [0.1, 0.15) is 6.92 Å². The molecule has 1 saturated heterocycles.